The average Bonchev–Trinajstić information content (AvgIpc) is 3.09. The molecule has 3 rings (SSSR count). The summed E-state index contributed by atoms with van der Waals surface area (Å²) in [5, 5.41) is 16.1. The molecule has 0 aromatic carbocycles. The molecule has 2 aromatic rings. The molecule has 0 aliphatic carbocycles. The predicted octanol–water partition coefficient (Wildman–Crippen LogP) is 1.66. The molecule has 0 saturated carbocycles. The Balaban J connectivity index is 1.74. The van der Waals surface area contributed by atoms with Crippen molar-refractivity contribution in [3.63, 3.8) is 0 Å². The summed E-state index contributed by atoms with van der Waals surface area (Å²) >= 11 is 1.66. The van der Waals surface area contributed by atoms with Gasteiger partial charge in [-0.05, 0) is 6.42 Å². The lowest BCUT2D eigenvalue weighted by molar-refractivity contribution is 0.494. The van der Waals surface area contributed by atoms with E-state index in [9.17, 15) is 0 Å². The zero-order chi connectivity index (χ0) is 11.7. The van der Waals surface area contributed by atoms with Crippen molar-refractivity contribution >= 4 is 16.5 Å². The molecule has 1 aliphatic heterocycles. The van der Waals surface area contributed by atoms with Crippen LogP contribution in [0.3, 0.4) is 0 Å². The van der Waals surface area contributed by atoms with Gasteiger partial charge in [0.25, 0.3) is 0 Å². The molecule has 2 aromatic heterocycles. The first-order valence-corrected chi connectivity index (χ1v) is 6.33. The Labute approximate surface area is 103 Å². The van der Waals surface area contributed by atoms with Gasteiger partial charge < -0.3 is 4.90 Å². The van der Waals surface area contributed by atoms with E-state index in [1.807, 2.05) is 22.5 Å². The van der Waals surface area contributed by atoms with Gasteiger partial charge in [-0.25, -0.2) is 4.98 Å². The van der Waals surface area contributed by atoms with Gasteiger partial charge in [0.1, 0.15) is 6.07 Å². The van der Waals surface area contributed by atoms with Gasteiger partial charge in [0, 0.05) is 30.9 Å². The highest BCUT2D eigenvalue weighted by molar-refractivity contribution is 7.13. The number of thiazole rings is 1. The molecule has 1 saturated heterocycles. The standard InChI is InChI=1S/C11H11N5S/c12-5-9-6-14-16(7-9)10-1-3-15(8-10)11-13-2-4-17-11/h2,4,6-7,10H,1,3,8H2. The molecule has 1 unspecified atom stereocenters. The van der Waals surface area contributed by atoms with Crippen LogP contribution in [0.1, 0.15) is 18.0 Å². The van der Waals surface area contributed by atoms with E-state index in [0.29, 0.717) is 11.6 Å². The van der Waals surface area contributed by atoms with Crippen LogP contribution >= 0.6 is 11.3 Å². The van der Waals surface area contributed by atoms with Gasteiger partial charge in [-0.1, -0.05) is 0 Å². The Bertz CT molecular complexity index is 538. The number of aromatic nitrogens is 3. The molecule has 0 radical (unpaired) electrons. The highest BCUT2D eigenvalue weighted by Crippen LogP contribution is 2.27. The van der Waals surface area contributed by atoms with Crippen molar-refractivity contribution in [3.8, 4) is 6.07 Å². The summed E-state index contributed by atoms with van der Waals surface area (Å²) in [5.74, 6) is 0. The fraction of sp³-hybridized carbons (Fsp3) is 0.364. The van der Waals surface area contributed by atoms with E-state index in [0.717, 1.165) is 24.6 Å². The van der Waals surface area contributed by atoms with Crippen LogP contribution in [-0.2, 0) is 0 Å². The van der Waals surface area contributed by atoms with Gasteiger partial charge in [0.2, 0.25) is 0 Å². The number of rotatable bonds is 2. The van der Waals surface area contributed by atoms with Crippen molar-refractivity contribution in [2.45, 2.75) is 12.5 Å². The van der Waals surface area contributed by atoms with Crippen molar-refractivity contribution in [3.05, 3.63) is 29.5 Å². The van der Waals surface area contributed by atoms with E-state index < -0.39 is 0 Å². The smallest absolute Gasteiger partial charge is 0.185 e. The molecule has 3 heterocycles. The van der Waals surface area contributed by atoms with Crippen LogP contribution in [0.4, 0.5) is 5.13 Å². The zero-order valence-corrected chi connectivity index (χ0v) is 9.97. The van der Waals surface area contributed by atoms with Crippen molar-refractivity contribution in [1.29, 1.82) is 5.26 Å². The summed E-state index contributed by atoms with van der Waals surface area (Å²) < 4.78 is 1.90. The third-order valence-corrected chi connectivity index (χ3v) is 3.79. The molecule has 17 heavy (non-hydrogen) atoms. The van der Waals surface area contributed by atoms with Crippen molar-refractivity contribution in [1.82, 2.24) is 14.8 Å². The van der Waals surface area contributed by atoms with E-state index in [4.69, 9.17) is 5.26 Å². The SMILES string of the molecule is N#Cc1cnn(C2CCN(c3nccs3)C2)c1. The first-order valence-electron chi connectivity index (χ1n) is 5.45. The van der Waals surface area contributed by atoms with Crippen LogP contribution < -0.4 is 4.90 Å². The largest absolute Gasteiger partial charge is 0.346 e. The van der Waals surface area contributed by atoms with Crippen LogP contribution in [-0.4, -0.2) is 27.9 Å². The lowest BCUT2D eigenvalue weighted by Crippen LogP contribution is -2.20. The van der Waals surface area contributed by atoms with Crippen molar-refractivity contribution in [2.75, 3.05) is 18.0 Å². The molecular formula is C11H11N5S. The minimum Gasteiger partial charge on any atom is -0.346 e. The van der Waals surface area contributed by atoms with E-state index in [1.54, 1.807) is 17.5 Å². The number of anilines is 1. The van der Waals surface area contributed by atoms with E-state index in [2.05, 4.69) is 21.1 Å². The van der Waals surface area contributed by atoms with Gasteiger partial charge >= 0.3 is 0 Å². The van der Waals surface area contributed by atoms with E-state index >= 15 is 0 Å². The topological polar surface area (TPSA) is 57.7 Å². The Morgan fingerprint density at radius 3 is 3.18 bits per heavy atom. The van der Waals surface area contributed by atoms with Crippen LogP contribution in [0.15, 0.2) is 24.0 Å². The summed E-state index contributed by atoms with van der Waals surface area (Å²) in [6.07, 6.45) is 6.31. The fourth-order valence-corrected chi connectivity index (χ4v) is 2.78. The Morgan fingerprint density at radius 2 is 2.47 bits per heavy atom. The molecule has 0 amide bonds. The maximum atomic E-state index is 8.77. The average molecular weight is 245 g/mol. The fourth-order valence-electron chi connectivity index (χ4n) is 2.10. The van der Waals surface area contributed by atoms with Crippen LogP contribution in [0.25, 0.3) is 0 Å². The monoisotopic (exact) mass is 245 g/mol. The van der Waals surface area contributed by atoms with Gasteiger partial charge in [-0.3, -0.25) is 4.68 Å². The highest BCUT2D eigenvalue weighted by Gasteiger charge is 2.25. The lowest BCUT2D eigenvalue weighted by atomic mass is 10.3. The quantitative estimate of drug-likeness (QED) is 0.807. The molecule has 1 aliphatic rings. The summed E-state index contributed by atoms with van der Waals surface area (Å²) in [4.78, 5) is 6.58. The van der Waals surface area contributed by atoms with E-state index in [1.165, 1.54) is 0 Å². The summed E-state index contributed by atoms with van der Waals surface area (Å²) in [7, 11) is 0. The molecule has 0 spiro atoms. The third kappa shape index (κ3) is 1.89. The molecule has 0 N–H and O–H groups in total. The minimum atomic E-state index is 0.348. The van der Waals surface area contributed by atoms with Gasteiger partial charge in [-0.15, -0.1) is 11.3 Å². The minimum absolute atomic E-state index is 0.348. The van der Waals surface area contributed by atoms with Crippen LogP contribution in [0.5, 0.6) is 0 Å². The van der Waals surface area contributed by atoms with Gasteiger partial charge in [0.15, 0.2) is 5.13 Å². The molecule has 6 heteroatoms. The second-order valence-electron chi connectivity index (χ2n) is 4.02. The maximum Gasteiger partial charge on any atom is 0.185 e. The number of hydrogen-bond donors (Lipinski definition) is 0. The Morgan fingerprint density at radius 1 is 1.53 bits per heavy atom. The lowest BCUT2D eigenvalue weighted by Gasteiger charge is -2.14. The molecule has 1 fully saturated rings. The molecule has 1 atom stereocenters. The van der Waals surface area contributed by atoms with Crippen molar-refractivity contribution < 1.29 is 0 Å². The van der Waals surface area contributed by atoms with E-state index in [-0.39, 0.29) is 0 Å². The highest BCUT2D eigenvalue weighted by atomic mass is 32.1. The van der Waals surface area contributed by atoms with Crippen LogP contribution in [0, 0.1) is 11.3 Å². The molecule has 5 nitrogen and oxygen atoms in total. The number of nitriles is 1. The third-order valence-electron chi connectivity index (χ3n) is 2.96. The second kappa shape index (κ2) is 4.18. The first kappa shape index (κ1) is 10.3. The first-order chi connectivity index (χ1) is 8.36. The summed E-state index contributed by atoms with van der Waals surface area (Å²) in [5.41, 5.74) is 0.623. The maximum absolute atomic E-state index is 8.77. The zero-order valence-electron chi connectivity index (χ0n) is 9.15. The predicted molar refractivity (Wildman–Crippen MR) is 64.9 cm³/mol. The summed E-state index contributed by atoms with van der Waals surface area (Å²) in [6.45, 7) is 1.92. The number of nitrogens with zero attached hydrogens (tertiary/aromatic N) is 5. The van der Waals surface area contributed by atoms with Crippen molar-refractivity contribution in [2.24, 2.45) is 0 Å². The molecule has 86 valence electrons. The van der Waals surface area contributed by atoms with Gasteiger partial charge in [0.05, 0.1) is 17.8 Å². The Kier molecular flexibility index (Phi) is 2.53. The number of hydrogen-bond acceptors (Lipinski definition) is 5. The molecular weight excluding hydrogens is 234 g/mol. The summed E-state index contributed by atoms with van der Waals surface area (Å²) in [6, 6.07) is 2.45. The molecule has 0 bridgehead atoms. The second-order valence-corrected chi connectivity index (χ2v) is 4.90. The van der Waals surface area contributed by atoms with Crippen LogP contribution in [0.2, 0.25) is 0 Å². The normalized spacial score (nSPS) is 19.5. The van der Waals surface area contributed by atoms with Gasteiger partial charge in [-0.2, -0.15) is 10.4 Å². The Hall–Kier alpha value is -1.87.